The molecule has 0 radical (unpaired) electrons. The second-order valence-electron chi connectivity index (χ2n) is 4.40. The fourth-order valence-electron chi connectivity index (χ4n) is 1.92. The summed E-state index contributed by atoms with van der Waals surface area (Å²) in [5.74, 6) is 0.149. The van der Waals surface area contributed by atoms with E-state index >= 15 is 0 Å². The zero-order valence-corrected chi connectivity index (χ0v) is 9.80. The van der Waals surface area contributed by atoms with Crippen LogP contribution < -0.4 is 0 Å². The zero-order chi connectivity index (χ0) is 12.1. The van der Waals surface area contributed by atoms with Crippen LogP contribution in [0.15, 0.2) is 30.3 Å². The molecule has 0 unspecified atom stereocenters. The maximum atomic E-state index is 12.0. The van der Waals surface area contributed by atoms with Gasteiger partial charge in [0.2, 0.25) is 0 Å². The Morgan fingerprint density at radius 2 is 2.06 bits per heavy atom. The van der Waals surface area contributed by atoms with Crippen molar-refractivity contribution in [2.24, 2.45) is 0 Å². The van der Waals surface area contributed by atoms with Crippen LogP contribution in [0, 0.1) is 11.3 Å². The van der Waals surface area contributed by atoms with Crippen molar-refractivity contribution >= 4 is 5.78 Å². The highest BCUT2D eigenvalue weighted by atomic mass is 16.1. The van der Waals surface area contributed by atoms with Crippen molar-refractivity contribution in [2.45, 2.75) is 25.3 Å². The summed E-state index contributed by atoms with van der Waals surface area (Å²) in [6.45, 7) is 1.15. The average Bonchev–Trinajstić information content (AvgIpc) is 3.19. The maximum absolute atomic E-state index is 12.0. The molecule has 0 heterocycles. The highest BCUT2D eigenvalue weighted by molar-refractivity contribution is 5.97. The van der Waals surface area contributed by atoms with Gasteiger partial charge >= 0.3 is 0 Å². The third-order valence-corrected chi connectivity index (χ3v) is 3.02. The molecule has 0 bridgehead atoms. The molecule has 0 N–H and O–H groups in total. The normalized spacial score (nSPS) is 14.6. The Hall–Kier alpha value is -1.66. The second-order valence-corrected chi connectivity index (χ2v) is 4.40. The van der Waals surface area contributed by atoms with Crippen LogP contribution in [0.5, 0.6) is 0 Å². The quantitative estimate of drug-likeness (QED) is 0.701. The van der Waals surface area contributed by atoms with Crippen molar-refractivity contribution in [3.63, 3.8) is 0 Å². The SMILES string of the molecule is N#CCCN(CC(=O)c1ccccc1)C1CC1. The number of hydrogen-bond acceptors (Lipinski definition) is 3. The van der Waals surface area contributed by atoms with Gasteiger partial charge < -0.3 is 0 Å². The molecule has 17 heavy (non-hydrogen) atoms. The van der Waals surface area contributed by atoms with E-state index in [1.807, 2.05) is 30.3 Å². The van der Waals surface area contributed by atoms with Crippen LogP contribution in [0.25, 0.3) is 0 Å². The molecule has 0 aliphatic heterocycles. The van der Waals surface area contributed by atoms with Crippen molar-refractivity contribution in [1.82, 2.24) is 4.90 Å². The summed E-state index contributed by atoms with van der Waals surface area (Å²) in [7, 11) is 0. The summed E-state index contributed by atoms with van der Waals surface area (Å²) >= 11 is 0. The van der Waals surface area contributed by atoms with Crippen LogP contribution in [0.3, 0.4) is 0 Å². The number of nitriles is 1. The average molecular weight is 228 g/mol. The number of nitrogens with zero attached hydrogens (tertiary/aromatic N) is 2. The van der Waals surface area contributed by atoms with E-state index in [9.17, 15) is 4.79 Å². The molecule has 2 rings (SSSR count). The first-order valence-electron chi connectivity index (χ1n) is 6.00. The van der Waals surface area contributed by atoms with Crippen molar-refractivity contribution in [3.05, 3.63) is 35.9 Å². The molecule has 1 aliphatic carbocycles. The number of carbonyl (C=O) groups is 1. The number of benzene rings is 1. The van der Waals surface area contributed by atoms with Crippen LogP contribution in [0.2, 0.25) is 0 Å². The highest BCUT2D eigenvalue weighted by Gasteiger charge is 2.29. The summed E-state index contributed by atoms with van der Waals surface area (Å²) in [5.41, 5.74) is 0.759. The Morgan fingerprint density at radius 1 is 1.35 bits per heavy atom. The van der Waals surface area contributed by atoms with Gasteiger partial charge in [0.25, 0.3) is 0 Å². The van der Waals surface area contributed by atoms with Gasteiger partial charge in [-0.3, -0.25) is 9.69 Å². The van der Waals surface area contributed by atoms with Gasteiger partial charge in [0.05, 0.1) is 12.6 Å². The van der Waals surface area contributed by atoms with Gasteiger partial charge in [0, 0.05) is 24.6 Å². The summed E-state index contributed by atoms with van der Waals surface area (Å²) in [6, 6.07) is 12.0. The minimum absolute atomic E-state index is 0.149. The van der Waals surface area contributed by atoms with Gasteiger partial charge in [-0.15, -0.1) is 0 Å². The summed E-state index contributed by atoms with van der Waals surface area (Å²) in [6.07, 6.45) is 2.82. The van der Waals surface area contributed by atoms with Crippen LogP contribution in [0.1, 0.15) is 29.6 Å². The number of hydrogen-bond donors (Lipinski definition) is 0. The predicted molar refractivity (Wildman–Crippen MR) is 65.6 cm³/mol. The van der Waals surface area contributed by atoms with E-state index in [0.717, 1.165) is 18.4 Å². The molecule has 0 spiro atoms. The first-order valence-corrected chi connectivity index (χ1v) is 6.00. The third kappa shape index (κ3) is 3.40. The van der Waals surface area contributed by atoms with Crippen LogP contribution >= 0.6 is 0 Å². The summed E-state index contributed by atoms with van der Waals surface area (Å²) in [5, 5.41) is 8.61. The molecule has 1 saturated carbocycles. The Kier molecular flexibility index (Phi) is 3.89. The van der Waals surface area contributed by atoms with E-state index in [1.54, 1.807) is 0 Å². The fourth-order valence-corrected chi connectivity index (χ4v) is 1.92. The monoisotopic (exact) mass is 228 g/mol. The summed E-state index contributed by atoms with van der Waals surface area (Å²) in [4.78, 5) is 14.2. The Balaban J connectivity index is 1.94. The first kappa shape index (κ1) is 11.8. The lowest BCUT2D eigenvalue weighted by Gasteiger charge is -2.19. The van der Waals surface area contributed by atoms with Gasteiger partial charge in [-0.2, -0.15) is 5.26 Å². The molecule has 0 saturated heterocycles. The Morgan fingerprint density at radius 3 is 2.65 bits per heavy atom. The Labute approximate surface area is 102 Å². The van der Waals surface area contributed by atoms with E-state index < -0.39 is 0 Å². The molecule has 0 amide bonds. The molecule has 0 aromatic heterocycles. The van der Waals surface area contributed by atoms with Gasteiger partial charge in [-0.05, 0) is 12.8 Å². The fraction of sp³-hybridized carbons (Fsp3) is 0.429. The predicted octanol–water partition coefficient (Wildman–Crippen LogP) is 2.25. The lowest BCUT2D eigenvalue weighted by atomic mass is 10.1. The van der Waals surface area contributed by atoms with Gasteiger partial charge in [-0.1, -0.05) is 30.3 Å². The minimum atomic E-state index is 0.149. The molecular formula is C14H16N2O. The molecule has 3 nitrogen and oxygen atoms in total. The van der Waals surface area contributed by atoms with E-state index in [2.05, 4.69) is 11.0 Å². The van der Waals surface area contributed by atoms with Crippen LogP contribution in [-0.2, 0) is 0 Å². The largest absolute Gasteiger partial charge is 0.293 e. The minimum Gasteiger partial charge on any atom is -0.293 e. The van der Waals surface area contributed by atoms with Gasteiger partial charge in [-0.25, -0.2) is 0 Å². The first-order chi connectivity index (χ1) is 8.31. The zero-order valence-electron chi connectivity index (χ0n) is 9.80. The van der Waals surface area contributed by atoms with E-state index in [-0.39, 0.29) is 5.78 Å². The van der Waals surface area contributed by atoms with Crippen LogP contribution in [0.4, 0.5) is 0 Å². The standard InChI is InChI=1S/C14H16N2O/c15-9-4-10-16(13-7-8-13)11-14(17)12-5-2-1-3-6-12/h1-3,5-6,13H,4,7-8,10-11H2. The molecule has 1 aromatic carbocycles. The molecule has 88 valence electrons. The molecule has 1 fully saturated rings. The summed E-state index contributed by atoms with van der Waals surface area (Å²) < 4.78 is 0. The topological polar surface area (TPSA) is 44.1 Å². The molecule has 0 atom stereocenters. The van der Waals surface area contributed by atoms with Crippen molar-refractivity contribution in [3.8, 4) is 6.07 Å². The van der Waals surface area contributed by atoms with Crippen molar-refractivity contribution in [1.29, 1.82) is 5.26 Å². The van der Waals surface area contributed by atoms with Crippen LogP contribution in [-0.4, -0.2) is 29.8 Å². The second kappa shape index (κ2) is 5.60. The smallest absolute Gasteiger partial charge is 0.176 e. The van der Waals surface area contributed by atoms with Gasteiger partial charge in [0.1, 0.15) is 0 Å². The Bertz CT molecular complexity index is 418. The van der Waals surface area contributed by atoms with E-state index in [0.29, 0.717) is 25.6 Å². The molecular weight excluding hydrogens is 212 g/mol. The van der Waals surface area contributed by atoms with E-state index in [4.69, 9.17) is 5.26 Å². The molecule has 3 heteroatoms. The van der Waals surface area contributed by atoms with Gasteiger partial charge in [0.15, 0.2) is 5.78 Å². The van der Waals surface area contributed by atoms with E-state index in [1.165, 1.54) is 0 Å². The lowest BCUT2D eigenvalue weighted by Crippen LogP contribution is -2.32. The number of Topliss-reactive ketones (excluding diaryl/α,β-unsaturated/α-hetero) is 1. The number of carbonyl (C=O) groups excluding carboxylic acids is 1. The number of rotatable bonds is 6. The highest BCUT2D eigenvalue weighted by Crippen LogP contribution is 2.26. The maximum Gasteiger partial charge on any atom is 0.176 e. The lowest BCUT2D eigenvalue weighted by molar-refractivity contribution is 0.0926. The van der Waals surface area contributed by atoms with Crippen molar-refractivity contribution < 1.29 is 4.79 Å². The van der Waals surface area contributed by atoms with Crippen molar-refractivity contribution in [2.75, 3.05) is 13.1 Å². The third-order valence-electron chi connectivity index (χ3n) is 3.02. The number of ketones is 1. The molecule has 1 aromatic rings. The molecule has 1 aliphatic rings.